The van der Waals surface area contributed by atoms with E-state index in [2.05, 4.69) is 4.74 Å². The summed E-state index contributed by atoms with van der Waals surface area (Å²) in [7, 11) is 0. The van der Waals surface area contributed by atoms with E-state index >= 15 is 0 Å². The Bertz CT molecular complexity index is 504. The molecule has 1 unspecified atom stereocenters. The lowest BCUT2D eigenvalue weighted by Gasteiger charge is -2.45. The minimum absolute atomic E-state index is 0.762. The molecule has 0 aromatic carbocycles. The maximum absolute atomic E-state index is 10.9. The number of aliphatic hydroxyl groups excluding tert-OH is 7. The third-order valence-electron chi connectivity index (χ3n) is 4.32. The first-order valence-corrected chi connectivity index (χ1v) is 7.56. The molecule has 0 aromatic rings. The zero-order valence-electron chi connectivity index (χ0n) is 13.2. The molecule has 10 atom stereocenters. The third kappa shape index (κ3) is 3.54. The first-order chi connectivity index (χ1) is 12.1. The van der Waals surface area contributed by atoms with Crippen LogP contribution in [0.25, 0.3) is 0 Å². The van der Waals surface area contributed by atoms with Crippen LogP contribution in [0.5, 0.6) is 0 Å². The largest absolute Gasteiger partial charge is 0.469 e. The van der Waals surface area contributed by atoms with E-state index in [1.54, 1.807) is 0 Å². The van der Waals surface area contributed by atoms with Crippen LogP contribution in [-0.2, 0) is 14.2 Å². The average Bonchev–Trinajstić information content (AvgIpc) is 2.61. The van der Waals surface area contributed by atoms with Gasteiger partial charge in [0.25, 0.3) is 0 Å². The second-order valence-corrected chi connectivity index (χ2v) is 5.99. The summed E-state index contributed by atoms with van der Waals surface area (Å²) in [5, 5.41) is 88.2. The number of aliphatic hydroxyl groups is 8. The van der Waals surface area contributed by atoms with Crippen molar-refractivity contribution in [1.29, 1.82) is 0 Å². The van der Waals surface area contributed by atoms with Gasteiger partial charge in [-0.25, -0.2) is 0 Å². The van der Waals surface area contributed by atoms with Crippen molar-refractivity contribution in [1.82, 2.24) is 0 Å². The molecule has 14 nitrogen and oxygen atoms in total. The highest BCUT2D eigenvalue weighted by atomic mass is 16.8. The Hall–Kier alpha value is -1.04. The van der Waals surface area contributed by atoms with Crippen LogP contribution in [0, 0.1) is 10.1 Å². The Balaban J connectivity index is 2.20. The Labute approximate surface area is 145 Å². The molecule has 2 aliphatic heterocycles. The van der Waals surface area contributed by atoms with Crippen molar-refractivity contribution in [3.8, 4) is 0 Å². The molecule has 2 rings (SSSR count). The molecule has 26 heavy (non-hydrogen) atoms. The van der Waals surface area contributed by atoms with E-state index in [1.807, 2.05) is 0 Å². The van der Waals surface area contributed by atoms with Crippen molar-refractivity contribution in [3.05, 3.63) is 10.1 Å². The smallest absolute Gasteiger partial charge is 0.394 e. The lowest BCUT2D eigenvalue weighted by atomic mass is 9.95. The van der Waals surface area contributed by atoms with Crippen LogP contribution in [-0.4, -0.2) is 120 Å². The molecule has 14 heteroatoms. The quantitative estimate of drug-likeness (QED) is 0.125. The highest BCUT2D eigenvalue weighted by molar-refractivity contribution is 4.95. The van der Waals surface area contributed by atoms with Gasteiger partial charge in [-0.15, -0.1) is 0 Å². The van der Waals surface area contributed by atoms with E-state index in [4.69, 9.17) is 14.6 Å². The summed E-state index contributed by atoms with van der Waals surface area (Å²) in [5.41, 5.74) is 0. The van der Waals surface area contributed by atoms with Gasteiger partial charge < -0.3 is 50.3 Å². The molecule has 2 saturated heterocycles. The SMILES string of the molecule is O=[N+]([O-])C1(O)O[C@H](CO)[C@@H](O[C@@H]2O[C@H](CO)[C@H](O)[C@H](O)[C@H]2O)[C@H](O)[C@H]1O. The van der Waals surface area contributed by atoms with Gasteiger partial charge in [-0.3, -0.25) is 14.9 Å². The zero-order valence-corrected chi connectivity index (χ0v) is 13.2. The predicted molar refractivity (Wildman–Crippen MR) is 74.6 cm³/mol. The molecule has 0 saturated carbocycles. The monoisotopic (exact) mass is 387 g/mol. The summed E-state index contributed by atoms with van der Waals surface area (Å²) in [5.74, 6) is -3.41. The number of ether oxygens (including phenoxy) is 3. The number of rotatable bonds is 5. The standard InChI is InChI=1S/C12H21NO13/c14-1-3-5(16)6(17)7(18)11(24-3)25-9-4(2-15)26-12(21,13(22)23)10(20)8(9)19/h3-11,14-21H,1-2H2/t3-,4-,5+,6+,7-,8+,9-,10-,11+,12?/m1/s1. The van der Waals surface area contributed by atoms with Crippen LogP contribution >= 0.6 is 0 Å². The van der Waals surface area contributed by atoms with Crippen LogP contribution < -0.4 is 0 Å². The van der Waals surface area contributed by atoms with E-state index in [0.717, 1.165) is 0 Å². The van der Waals surface area contributed by atoms with Crippen molar-refractivity contribution in [3.63, 3.8) is 0 Å². The van der Waals surface area contributed by atoms with E-state index in [9.17, 15) is 45.9 Å². The van der Waals surface area contributed by atoms with Gasteiger partial charge in [0.05, 0.1) is 18.1 Å². The Morgan fingerprint density at radius 2 is 1.54 bits per heavy atom. The van der Waals surface area contributed by atoms with Crippen molar-refractivity contribution in [2.24, 2.45) is 0 Å². The molecule has 0 radical (unpaired) electrons. The molecule has 2 fully saturated rings. The number of hydrogen-bond acceptors (Lipinski definition) is 13. The summed E-state index contributed by atoms with van der Waals surface area (Å²) in [6.07, 6.45) is -16.6. The van der Waals surface area contributed by atoms with Gasteiger partial charge in [-0.2, -0.15) is 0 Å². The highest BCUT2D eigenvalue weighted by Gasteiger charge is 2.63. The highest BCUT2D eigenvalue weighted by Crippen LogP contribution is 2.32. The molecule has 152 valence electrons. The first kappa shape index (κ1) is 21.3. The van der Waals surface area contributed by atoms with Gasteiger partial charge in [0.15, 0.2) is 6.29 Å². The van der Waals surface area contributed by atoms with Gasteiger partial charge >= 0.3 is 5.91 Å². The minimum atomic E-state index is -3.41. The van der Waals surface area contributed by atoms with E-state index in [-0.39, 0.29) is 0 Å². The van der Waals surface area contributed by atoms with E-state index in [1.165, 1.54) is 0 Å². The molecule has 2 heterocycles. The molecule has 0 spiro atoms. The second-order valence-electron chi connectivity index (χ2n) is 5.99. The Kier molecular flexibility index (Phi) is 6.47. The fourth-order valence-electron chi connectivity index (χ4n) is 2.78. The van der Waals surface area contributed by atoms with Gasteiger partial charge in [0, 0.05) is 0 Å². The van der Waals surface area contributed by atoms with Crippen molar-refractivity contribution in [2.45, 2.75) is 61.0 Å². The van der Waals surface area contributed by atoms with Gasteiger partial charge in [-0.05, 0) is 0 Å². The van der Waals surface area contributed by atoms with Gasteiger partial charge in [0.1, 0.15) is 42.7 Å². The van der Waals surface area contributed by atoms with Gasteiger partial charge in [0.2, 0.25) is 6.10 Å². The van der Waals surface area contributed by atoms with Crippen LogP contribution in [0.4, 0.5) is 0 Å². The first-order valence-electron chi connectivity index (χ1n) is 7.56. The van der Waals surface area contributed by atoms with Gasteiger partial charge in [-0.1, -0.05) is 0 Å². The summed E-state index contributed by atoms with van der Waals surface area (Å²) in [6.45, 7) is -1.76. The van der Waals surface area contributed by atoms with E-state index < -0.39 is 79.2 Å². The third-order valence-corrected chi connectivity index (χ3v) is 4.32. The molecule has 2 aliphatic rings. The fraction of sp³-hybridized carbons (Fsp3) is 1.00. The maximum atomic E-state index is 10.9. The minimum Gasteiger partial charge on any atom is -0.394 e. The number of nitro groups is 1. The zero-order chi connectivity index (χ0) is 19.8. The summed E-state index contributed by atoms with van der Waals surface area (Å²) >= 11 is 0. The molecule has 0 aromatic heterocycles. The lowest BCUT2D eigenvalue weighted by molar-refractivity contribution is -0.715. The van der Waals surface area contributed by atoms with E-state index in [0.29, 0.717) is 0 Å². The fourth-order valence-corrected chi connectivity index (χ4v) is 2.78. The molecule has 0 aliphatic carbocycles. The van der Waals surface area contributed by atoms with Crippen molar-refractivity contribution in [2.75, 3.05) is 13.2 Å². The maximum Gasteiger partial charge on any atom is 0.469 e. The van der Waals surface area contributed by atoms with Crippen molar-refractivity contribution < 1.29 is 60.0 Å². The lowest BCUT2D eigenvalue weighted by Crippen LogP contribution is -2.70. The summed E-state index contributed by atoms with van der Waals surface area (Å²) in [4.78, 5) is 9.48. The molecular formula is C12H21NO13. The number of nitrogens with zero attached hydrogens (tertiary/aromatic N) is 1. The molecular weight excluding hydrogens is 366 g/mol. The molecule has 0 bridgehead atoms. The van der Waals surface area contributed by atoms with Crippen molar-refractivity contribution >= 4 is 0 Å². The summed E-state index contributed by atoms with van der Waals surface area (Å²) in [6, 6.07) is 0. The Morgan fingerprint density at radius 3 is 2.04 bits per heavy atom. The topological polar surface area (TPSA) is 233 Å². The molecule has 8 N–H and O–H groups in total. The molecule has 0 amide bonds. The Morgan fingerprint density at radius 1 is 0.962 bits per heavy atom. The summed E-state index contributed by atoms with van der Waals surface area (Å²) < 4.78 is 14.9. The average molecular weight is 387 g/mol. The van der Waals surface area contributed by atoms with Crippen LogP contribution in [0.2, 0.25) is 0 Å². The predicted octanol–water partition coefficient (Wildman–Crippen LogP) is -5.79. The van der Waals surface area contributed by atoms with Crippen LogP contribution in [0.1, 0.15) is 0 Å². The number of hydrogen-bond donors (Lipinski definition) is 8. The second kappa shape index (κ2) is 7.91. The van der Waals surface area contributed by atoms with Crippen LogP contribution in [0.15, 0.2) is 0 Å². The van der Waals surface area contributed by atoms with Crippen LogP contribution in [0.3, 0.4) is 0 Å². The normalized spacial score (nSPS) is 49.8.